The first-order chi connectivity index (χ1) is 8.15. The summed E-state index contributed by atoms with van der Waals surface area (Å²) in [6.07, 6.45) is 1.76. The molecule has 0 saturated heterocycles. The fourth-order valence-electron chi connectivity index (χ4n) is 1.62. The number of aromatic nitrogens is 2. The molecule has 4 heteroatoms. The van der Waals surface area contributed by atoms with Crippen molar-refractivity contribution in [3.63, 3.8) is 0 Å². The highest BCUT2D eigenvalue weighted by Gasteiger charge is 2.05. The van der Waals surface area contributed by atoms with Crippen molar-refractivity contribution in [1.82, 2.24) is 9.97 Å². The molecule has 17 heavy (non-hydrogen) atoms. The first-order valence-electron chi connectivity index (χ1n) is 6.28. The number of hydrogen-bond acceptors (Lipinski definition) is 4. The Bertz CT molecular complexity index is 339. The second-order valence-corrected chi connectivity index (χ2v) is 4.46. The third-order valence-electron chi connectivity index (χ3n) is 2.37. The van der Waals surface area contributed by atoms with Gasteiger partial charge >= 0.3 is 0 Å². The van der Waals surface area contributed by atoms with E-state index in [1.807, 2.05) is 20.0 Å². The molecule has 0 aliphatic carbocycles. The summed E-state index contributed by atoms with van der Waals surface area (Å²) in [5.74, 6) is 2.36. The van der Waals surface area contributed by atoms with Gasteiger partial charge < -0.3 is 10.1 Å². The molecule has 4 nitrogen and oxygen atoms in total. The summed E-state index contributed by atoms with van der Waals surface area (Å²) in [6, 6.07) is 2.02. The van der Waals surface area contributed by atoms with Gasteiger partial charge in [0.15, 0.2) is 0 Å². The van der Waals surface area contributed by atoms with Crippen LogP contribution in [0.4, 0.5) is 5.82 Å². The number of hydrogen-bond donors (Lipinski definition) is 1. The van der Waals surface area contributed by atoms with Crippen molar-refractivity contribution in [2.75, 3.05) is 25.6 Å². The number of nitrogens with one attached hydrogen (secondary N) is 1. The molecule has 96 valence electrons. The Morgan fingerprint density at radius 3 is 2.71 bits per heavy atom. The molecule has 0 amide bonds. The topological polar surface area (TPSA) is 47.0 Å². The molecule has 0 spiro atoms. The summed E-state index contributed by atoms with van der Waals surface area (Å²) >= 11 is 0. The average molecular weight is 237 g/mol. The van der Waals surface area contributed by atoms with E-state index in [9.17, 15) is 0 Å². The monoisotopic (exact) mass is 237 g/mol. The van der Waals surface area contributed by atoms with Gasteiger partial charge in [-0.3, -0.25) is 0 Å². The Hall–Kier alpha value is -1.16. The summed E-state index contributed by atoms with van der Waals surface area (Å²) in [4.78, 5) is 8.99. The highest BCUT2D eigenvalue weighted by Crippen LogP contribution is 2.11. The van der Waals surface area contributed by atoms with Gasteiger partial charge in [-0.15, -0.1) is 0 Å². The van der Waals surface area contributed by atoms with Crippen LogP contribution in [0.2, 0.25) is 0 Å². The van der Waals surface area contributed by atoms with Crippen molar-refractivity contribution in [2.24, 2.45) is 5.92 Å². The zero-order valence-corrected chi connectivity index (χ0v) is 11.3. The van der Waals surface area contributed by atoms with Crippen molar-refractivity contribution in [2.45, 2.75) is 33.6 Å². The summed E-state index contributed by atoms with van der Waals surface area (Å²) in [7, 11) is 1.88. The van der Waals surface area contributed by atoms with Gasteiger partial charge in [-0.2, -0.15) is 0 Å². The molecule has 0 aromatic carbocycles. The van der Waals surface area contributed by atoms with Crippen LogP contribution in [0.1, 0.15) is 32.3 Å². The quantitative estimate of drug-likeness (QED) is 0.739. The van der Waals surface area contributed by atoms with Crippen molar-refractivity contribution < 1.29 is 4.74 Å². The largest absolute Gasteiger partial charge is 0.381 e. The van der Waals surface area contributed by atoms with E-state index in [0.29, 0.717) is 12.5 Å². The molecule has 1 N–H and O–H groups in total. The van der Waals surface area contributed by atoms with Gasteiger partial charge in [-0.05, 0) is 19.3 Å². The zero-order chi connectivity index (χ0) is 12.7. The van der Waals surface area contributed by atoms with Crippen LogP contribution in [-0.2, 0) is 17.6 Å². The Morgan fingerprint density at radius 2 is 2.12 bits per heavy atom. The van der Waals surface area contributed by atoms with Crippen molar-refractivity contribution in [3.8, 4) is 0 Å². The molecular formula is C13H23N3O. The normalized spacial score (nSPS) is 10.9. The second kappa shape index (κ2) is 7.22. The first-order valence-corrected chi connectivity index (χ1v) is 6.28. The van der Waals surface area contributed by atoms with E-state index >= 15 is 0 Å². The molecule has 1 rings (SSSR count). The summed E-state index contributed by atoms with van der Waals surface area (Å²) in [6.45, 7) is 7.81. The maximum absolute atomic E-state index is 5.33. The van der Waals surface area contributed by atoms with Crippen LogP contribution in [0.5, 0.6) is 0 Å². The highest BCUT2D eigenvalue weighted by molar-refractivity contribution is 5.35. The van der Waals surface area contributed by atoms with Gasteiger partial charge in [-0.1, -0.05) is 13.8 Å². The fraction of sp³-hybridized carbons (Fsp3) is 0.692. The van der Waals surface area contributed by atoms with Gasteiger partial charge in [0, 0.05) is 31.8 Å². The molecule has 0 bridgehead atoms. The van der Waals surface area contributed by atoms with Crippen LogP contribution >= 0.6 is 0 Å². The van der Waals surface area contributed by atoms with Crippen LogP contribution in [0, 0.1) is 5.92 Å². The van der Waals surface area contributed by atoms with E-state index in [4.69, 9.17) is 4.74 Å². The predicted molar refractivity (Wildman–Crippen MR) is 70.3 cm³/mol. The minimum atomic E-state index is 0.606. The molecule has 0 aliphatic rings. The third-order valence-corrected chi connectivity index (χ3v) is 2.37. The average Bonchev–Trinajstić information content (AvgIpc) is 2.28. The number of nitrogens with zero attached hydrogens (tertiary/aromatic N) is 2. The molecule has 0 saturated carbocycles. The fourth-order valence-corrected chi connectivity index (χ4v) is 1.62. The van der Waals surface area contributed by atoms with E-state index in [1.54, 1.807) is 0 Å². The Balaban J connectivity index is 2.74. The van der Waals surface area contributed by atoms with Gasteiger partial charge in [0.25, 0.3) is 0 Å². The molecule has 1 heterocycles. The lowest BCUT2D eigenvalue weighted by molar-refractivity contribution is 0.149. The Labute approximate surface area is 104 Å². The van der Waals surface area contributed by atoms with E-state index in [2.05, 4.69) is 29.1 Å². The van der Waals surface area contributed by atoms with Crippen LogP contribution in [0.15, 0.2) is 6.07 Å². The van der Waals surface area contributed by atoms with E-state index in [1.165, 1.54) is 0 Å². The van der Waals surface area contributed by atoms with Crippen LogP contribution < -0.4 is 5.32 Å². The SMILES string of the molecule is CCOCCc1nc(CC(C)C)cc(NC)n1. The molecule has 1 aromatic heterocycles. The molecule has 0 aliphatic heterocycles. The van der Waals surface area contributed by atoms with Crippen molar-refractivity contribution >= 4 is 5.82 Å². The molecule has 1 aromatic rings. The minimum absolute atomic E-state index is 0.606. The summed E-state index contributed by atoms with van der Waals surface area (Å²) < 4.78 is 5.33. The predicted octanol–water partition coefficient (Wildman–Crippen LogP) is 2.30. The van der Waals surface area contributed by atoms with E-state index in [0.717, 1.165) is 36.8 Å². The van der Waals surface area contributed by atoms with Gasteiger partial charge in [0.1, 0.15) is 11.6 Å². The van der Waals surface area contributed by atoms with Crippen molar-refractivity contribution in [1.29, 1.82) is 0 Å². The van der Waals surface area contributed by atoms with Gasteiger partial charge in [-0.25, -0.2) is 9.97 Å². The maximum Gasteiger partial charge on any atom is 0.133 e. The maximum atomic E-state index is 5.33. The molecular weight excluding hydrogens is 214 g/mol. The first kappa shape index (κ1) is 13.9. The summed E-state index contributed by atoms with van der Waals surface area (Å²) in [5, 5.41) is 3.08. The Kier molecular flexibility index (Phi) is 5.91. The van der Waals surface area contributed by atoms with Gasteiger partial charge in [0.05, 0.1) is 6.61 Å². The minimum Gasteiger partial charge on any atom is -0.381 e. The lowest BCUT2D eigenvalue weighted by Gasteiger charge is -2.09. The number of anilines is 1. The highest BCUT2D eigenvalue weighted by atomic mass is 16.5. The Morgan fingerprint density at radius 1 is 1.35 bits per heavy atom. The smallest absolute Gasteiger partial charge is 0.133 e. The second-order valence-electron chi connectivity index (χ2n) is 4.46. The number of ether oxygens (including phenoxy) is 1. The molecule has 0 atom stereocenters. The summed E-state index contributed by atoms with van der Waals surface area (Å²) in [5.41, 5.74) is 1.10. The van der Waals surface area contributed by atoms with E-state index < -0.39 is 0 Å². The van der Waals surface area contributed by atoms with E-state index in [-0.39, 0.29) is 0 Å². The van der Waals surface area contributed by atoms with Crippen LogP contribution in [0.25, 0.3) is 0 Å². The number of rotatable bonds is 7. The third kappa shape index (κ3) is 5.13. The standard InChI is InChI=1S/C13H23N3O/c1-5-17-7-6-12-15-11(8-10(2)3)9-13(14-4)16-12/h9-10H,5-8H2,1-4H3,(H,14,15,16). The molecule has 0 fully saturated rings. The molecule has 0 radical (unpaired) electrons. The lowest BCUT2D eigenvalue weighted by atomic mass is 10.1. The lowest BCUT2D eigenvalue weighted by Crippen LogP contribution is -2.08. The van der Waals surface area contributed by atoms with Crippen LogP contribution in [0.3, 0.4) is 0 Å². The van der Waals surface area contributed by atoms with Crippen molar-refractivity contribution in [3.05, 3.63) is 17.6 Å². The van der Waals surface area contributed by atoms with Crippen LogP contribution in [-0.4, -0.2) is 30.2 Å². The molecule has 0 unspecified atom stereocenters. The zero-order valence-electron chi connectivity index (χ0n) is 11.3. The van der Waals surface area contributed by atoms with Gasteiger partial charge in [0.2, 0.25) is 0 Å².